The number of rotatable bonds is 5. The molecule has 3 heteroatoms. The number of aliphatic hydroxyl groups excluding tert-OH is 1. The largest absolute Gasteiger partial charge is 0.393 e. The molecule has 0 saturated carbocycles. The summed E-state index contributed by atoms with van der Waals surface area (Å²) in [5.41, 5.74) is 1.04. The summed E-state index contributed by atoms with van der Waals surface area (Å²) in [7, 11) is 0. The Labute approximate surface area is 61.7 Å². The van der Waals surface area contributed by atoms with Gasteiger partial charge in [-0.3, -0.25) is 0 Å². The normalized spacial score (nSPS) is 9.10. The molecular weight excluding hydrogens is 130 g/mol. The van der Waals surface area contributed by atoms with Gasteiger partial charge < -0.3 is 9.94 Å². The van der Waals surface area contributed by atoms with Crippen molar-refractivity contribution in [1.82, 2.24) is 0 Å². The summed E-state index contributed by atoms with van der Waals surface area (Å²) in [6, 6.07) is 0. The van der Waals surface area contributed by atoms with E-state index >= 15 is 0 Å². The second kappa shape index (κ2) is 6.55. The van der Waals surface area contributed by atoms with Gasteiger partial charge in [-0.2, -0.15) is 0 Å². The number of hydrogen-bond donors (Lipinski definition) is 1. The van der Waals surface area contributed by atoms with Gasteiger partial charge in [0.1, 0.15) is 6.61 Å². The van der Waals surface area contributed by atoms with E-state index in [1.165, 1.54) is 0 Å². The van der Waals surface area contributed by atoms with Gasteiger partial charge in [-0.15, -0.1) is 0 Å². The lowest BCUT2D eigenvalue weighted by Crippen LogP contribution is -1.98. The van der Waals surface area contributed by atoms with Crippen molar-refractivity contribution < 1.29 is 9.94 Å². The predicted octanol–water partition coefficient (Wildman–Crippen LogP) is 1.17. The summed E-state index contributed by atoms with van der Waals surface area (Å²) in [6.45, 7) is 4.39. The first-order valence-corrected chi connectivity index (χ1v) is 3.63. The highest BCUT2D eigenvalue weighted by molar-refractivity contribution is 5.83. The van der Waals surface area contributed by atoms with Crippen molar-refractivity contribution in [3.05, 3.63) is 0 Å². The number of aliphatic hydroxyl groups is 1. The van der Waals surface area contributed by atoms with Gasteiger partial charge in [0.2, 0.25) is 0 Å². The Hall–Kier alpha value is -0.570. The molecule has 0 amide bonds. The maximum atomic E-state index is 8.33. The highest BCUT2D eigenvalue weighted by Crippen LogP contribution is 1.91. The third-order valence-electron chi connectivity index (χ3n) is 1.19. The molecule has 0 aromatic heterocycles. The van der Waals surface area contributed by atoms with Gasteiger partial charge in [-0.05, 0) is 12.8 Å². The van der Waals surface area contributed by atoms with E-state index in [1.54, 1.807) is 0 Å². The molecule has 0 atom stereocenters. The molecular formula is C7H15NO2. The van der Waals surface area contributed by atoms with Gasteiger partial charge in [0.25, 0.3) is 0 Å². The quantitative estimate of drug-likeness (QED) is 0.358. The summed E-state index contributed by atoms with van der Waals surface area (Å²) in [5.74, 6) is 0. The van der Waals surface area contributed by atoms with E-state index in [4.69, 9.17) is 9.94 Å². The van der Waals surface area contributed by atoms with Crippen LogP contribution in [0.3, 0.4) is 0 Å². The van der Waals surface area contributed by atoms with Gasteiger partial charge >= 0.3 is 0 Å². The molecule has 0 aliphatic carbocycles. The minimum atomic E-state index is 0.0320. The second-order valence-corrected chi connectivity index (χ2v) is 1.92. The zero-order valence-corrected chi connectivity index (χ0v) is 6.63. The molecule has 0 aliphatic heterocycles. The molecule has 0 unspecified atom stereocenters. The Morgan fingerprint density at radius 1 is 1.40 bits per heavy atom. The summed E-state index contributed by atoms with van der Waals surface area (Å²) >= 11 is 0. The van der Waals surface area contributed by atoms with Crippen molar-refractivity contribution in [2.24, 2.45) is 5.16 Å². The van der Waals surface area contributed by atoms with Crippen LogP contribution in [0.1, 0.15) is 26.7 Å². The first-order valence-electron chi connectivity index (χ1n) is 3.63. The van der Waals surface area contributed by atoms with E-state index < -0.39 is 0 Å². The lowest BCUT2D eigenvalue weighted by molar-refractivity contribution is 0.0978. The molecule has 3 nitrogen and oxygen atoms in total. The Balaban J connectivity index is 3.43. The standard InChI is InChI=1S/C7H15NO2/c1-3-7(4-2)8-10-6-5-9/h9H,3-6H2,1-2H3. The van der Waals surface area contributed by atoms with Crippen LogP contribution in [0.4, 0.5) is 0 Å². The fourth-order valence-corrected chi connectivity index (χ4v) is 0.557. The van der Waals surface area contributed by atoms with Crippen LogP contribution in [0.15, 0.2) is 5.16 Å². The smallest absolute Gasteiger partial charge is 0.140 e. The summed E-state index contributed by atoms with van der Waals surface area (Å²) in [5, 5.41) is 12.1. The second-order valence-electron chi connectivity index (χ2n) is 1.92. The monoisotopic (exact) mass is 145 g/mol. The SMILES string of the molecule is CCC(CC)=NOCCO. The number of nitrogens with zero attached hydrogens (tertiary/aromatic N) is 1. The van der Waals surface area contributed by atoms with Gasteiger partial charge in [0.15, 0.2) is 0 Å². The first kappa shape index (κ1) is 9.43. The lowest BCUT2D eigenvalue weighted by atomic mass is 10.2. The molecule has 0 bridgehead atoms. The summed E-state index contributed by atoms with van der Waals surface area (Å²) < 4.78 is 0. The molecule has 0 aromatic carbocycles. The Morgan fingerprint density at radius 3 is 2.40 bits per heavy atom. The van der Waals surface area contributed by atoms with Crippen molar-refractivity contribution in [1.29, 1.82) is 0 Å². The van der Waals surface area contributed by atoms with E-state index in [1.807, 2.05) is 13.8 Å². The molecule has 0 saturated heterocycles. The highest BCUT2D eigenvalue weighted by atomic mass is 16.6. The average molecular weight is 145 g/mol. The highest BCUT2D eigenvalue weighted by Gasteiger charge is 1.90. The molecule has 60 valence electrons. The van der Waals surface area contributed by atoms with E-state index in [0.717, 1.165) is 18.6 Å². The molecule has 0 radical (unpaired) electrons. The maximum Gasteiger partial charge on any atom is 0.140 e. The minimum absolute atomic E-state index is 0.0320. The van der Waals surface area contributed by atoms with Crippen LogP contribution >= 0.6 is 0 Å². The van der Waals surface area contributed by atoms with Crippen molar-refractivity contribution >= 4 is 5.71 Å². The Morgan fingerprint density at radius 2 is 2.00 bits per heavy atom. The fraction of sp³-hybridized carbons (Fsp3) is 0.857. The Bertz CT molecular complexity index is 95.8. The van der Waals surface area contributed by atoms with Crippen molar-refractivity contribution in [3.63, 3.8) is 0 Å². The van der Waals surface area contributed by atoms with Crippen molar-refractivity contribution in [2.45, 2.75) is 26.7 Å². The third-order valence-corrected chi connectivity index (χ3v) is 1.19. The number of hydrogen-bond acceptors (Lipinski definition) is 3. The molecule has 0 aromatic rings. The molecule has 0 aliphatic rings. The molecule has 10 heavy (non-hydrogen) atoms. The van der Waals surface area contributed by atoms with E-state index in [2.05, 4.69) is 5.16 Å². The molecule has 0 heterocycles. The molecule has 0 fully saturated rings. The van der Waals surface area contributed by atoms with Gasteiger partial charge in [-0.25, -0.2) is 0 Å². The molecule has 1 N–H and O–H groups in total. The van der Waals surface area contributed by atoms with Gasteiger partial charge in [-0.1, -0.05) is 19.0 Å². The van der Waals surface area contributed by atoms with Crippen LogP contribution in [-0.4, -0.2) is 24.0 Å². The fourth-order valence-electron chi connectivity index (χ4n) is 0.557. The van der Waals surface area contributed by atoms with Crippen LogP contribution in [0.25, 0.3) is 0 Å². The van der Waals surface area contributed by atoms with E-state index in [-0.39, 0.29) is 6.61 Å². The van der Waals surface area contributed by atoms with Crippen LogP contribution < -0.4 is 0 Å². The lowest BCUT2D eigenvalue weighted by Gasteiger charge is -1.98. The minimum Gasteiger partial charge on any atom is -0.393 e. The summed E-state index contributed by atoms with van der Waals surface area (Å²) in [4.78, 5) is 4.76. The van der Waals surface area contributed by atoms with Crippen molar-refractivity contribution in [2.75, 3.05) is 13.2 Å². The van der Waals surface area contributed by atoms with E-state index in [9.17, 15) is 0 Å². The Kier molecular flexibility index (Phi) is 6.18. The van der Waals surface area contributed by atoms with Gasteiger partial charge in [0, 0.05) is 0 Å². The van der Waals surface area contributed by atoms with Crippen molar-refractivity contribution in [3.8, 4) is 0 Å². The van der Waals surface area contributed by atoms with Crippen LogP contribution in [0.2, 0.25) is 0 Å². The van der Waals surface area contributed by atoms with E-state index in [0.29, 0.717) is 6.61 Å². The maximum absolute atomic E-state index is 8.33. The zero-order valence-electron chi connectivity index (χ0n) is 6.63. The average Bonchev–Trinajstić information content (AvgIpc) is 1.99. The van der Waals surface area contributed by atoms with Crippen LogP contribution in [0.5, 0.6) is 0 Å². The number of oxime groups is 1. The summed E-state index contributed by atoms with van der Waals surface area (Å²) in [6.07, 6.45) is 1.84. The third kappa shape index (κ3) is 4.32. The van der Waals surface area contributed by atoms with Crippen LogP contribution in [0, 0.1) is 0 Å². The molecule has 0 spiro atoms. The predicted molar refractivity (Wildman–Crippen MR) is 41.1 cm³/mol. The first-order chi connectivity index (χ1) is 4.85. The zero-order chi connectivity index (χ0) is 7.82. The topological polar surface area (TPSA) is 41.8 Å². The van der Waals surface area contributed by atoms with Gasteiger partial charge in [0.05, 0.1) is 12.3 Å². The van der Waals surface area contributed by atoms with Crippen LogP contribution in [-0.2, 0) is 4.84 Å². The molecule has 0 rings (SSSR count).